The van der Waals surface area contributed by atoms with Crippen LogP contribution < -0.4 is 0 Å². The van der Waals surface area contributed by atoms with E-state index in [-0.39, 0.29) is 23.0 Å². The molecule has 2 unspecified atom stereocenters. The normalized spacial score (nSPS) is 19.4. The molecule has 0 aliphatic carbocycles. The molecule has 150 valence electrons. The van der Waals surface area contributed by atoms with E-state index in [2.05, 4.69) is 0 Å². The van der Waals surface area contributed by atoms with Crippen molar-refractivity contribution in [1.29, 1.82) is 0 Å². The van der Waals surface area contributed by atoms with Crippen LogP contribution in [0.4, 0.5) is 0 Å². The number of rotatable bonds is 7. The van der Waals surface area contributed by atoms with Gasteiger partial charge in [0.15, 0.2) is 0 Å². The summed E-state index contributed by atoms with van der Waals surface area (Å²) in [4.78, 5) is 25.2. The Labute approximate surface area is 161 Å². The Kier molecular flexibility index (Phi) is 7.00. The summed E-state index contributed by atoms with van der Waals surface area (Å²) in [5.41, 5.74) is 0.280. The number of amides is 1. The SMILES string of the molecule is CCC(C)N(CC(=O)O)C(=O)c1ccc(S(=O)(=O)N2CCCC(C)C2)cc1. The molecule has 27 heavy (non-hydrogen) atoms. The molecule has 7 nitrogen and oxygen atoms in total. The first-order valence-corrected chi connectivity index (χ1v) is 10.7. The summed E-state index contributed by atoms with van der Waals surface area (Å²) in [5, 5.41) is 9.06. The Morgan fingerprint density at radius 3 is 2.44 bits per heavy atom. The van der Waals surface area contributed by atoms with E-state index in [0.717, 1.165) is 12.8 Å². The van der Waals surface area contributed by atoms with Crippen molar-refractivity contribution >= 4 is 21.9 Å². The van der Waals surface area contributed by atoms with Gasteiger partial charge in [-0.05, 0) is 56.4 Å². The van der Waals surface area contributed by atoms with Crippen LogP contribution in [0.25, 0.3) is 0 Å². The van der Waals surface area contributed by atoms with Crippen molar-refractivity contribution < 1.29 is 23.1 Å². The van der Waals surface area contributed by atoms with E-state index in [0.29, 0.717) is 25.4 Å². The van der Waals surface area contributed by atoms with E-state index in [1.165, 1.54) is 33.5 Å². The number of carboxylic acids is 1. The number of hydrogen-bond acceptors (Lipinski definition) is 4. The molecule has 1 amide bonds. The van der Waals surface area contributed by atoms with Crippen LogP contribution in [0, 0.1) is 5.92 Å². The molecule has 1 aliphatic heterocycles. The van der Waals surface area contributed by atoms with Crippen molar-refractivity contribution in [3.05, 3.63) is 29.8 Å². The van der Waals surface area contributed by atoms with Crippen molar-refractivity contribution in [2.24, 2.45) is 5.92 Å². The molecule has 2 atom stereocenters. The molecule has 1 heterocycles. The van der Waals surface area contributed by atoms with Crippen LogP contribution in [-0.2, 0) is 14.8 Å². The molecule has 1 aromatic carbocycles. The molecule has 1 aromatic rings. The molecule has 1 fully saturated rings. The number of carbonyl (C=O) groups is 2. The van der Waals surface area contributed by atoms with Crippen molar-refractivity contribution in [3.8, 4) is 0 Å². The minimum Gasteiger partial charge on any atom is -0.480 e. The summed E-state index contributed by atoms with van der Waals surface area (Å²) >= 11 is 0. The molecule has 1 saturated heterocycles. The third kappa shape index (κ3) is 5.07. The maximum Gasteiger partial charge on any atom is 0.323 e. The summed E-state index contributed by atoms with van der Waals surface area (Å²) in [6, 6.07) is 5.54. The number of piperidine rings is 1. The zero-order valence-corrected chi connectivity index (χ0v) is 16.9. The fourth-order valence-electron chi connectivity index (χ4n) is 3.24. The van der Waals surface area contributed by atoms with E-state index >= 15 is 0 Å². The lowest BCUT2D eigenvalue weighted by Crippen LogP contribution is -2.42. The smallest absolute Gasteiger partial charge is 0.323 e. The Bertz CT molecular complexity index is 776. The molecule has 1 aliphatic rings. The fourth-order valence-corrected chi connectivity index (χ4v) is 4.84. The number of aliphatic carboxylic acids is 1. The predicted octanol–water partition coefficient (Wildman–Crippen LogP) is 2.43. The van der Waals surface area contributed by atoms with Crippen LogP contribution in [-0.4, -0.2) is 60.3 Å². The zero-order chi connectivity index (χ0) is 20.2. The van der Waals surface area contributed by atoms with Crippen LogP contribution >= 0.6 is 0 Å². The summed E-state index contributed by atoms with van der Waals surface area (Å²) in [6.45, 7) is 6.32. The minimum absolute atomic E-state index is 0.154. The number of benzene rings is 1. The van der Waals surface area contributed by atoms with E-state index in [1.807, 2.05) is 13.8 Å². The average molecular weight is 397 g/mol. The van der Waals surface area contributed by atoms with Gasteiger partial charge >= 0.3 is 5.97 Å². The molecular weight excluding hydrogens is 368 g/mol. The van der Waals surface area contributed by atoms with Crippen LogP contribution in [0.3, 0.4) is 0 Å². The quantitative estimate of drug-likeness (QED) is 0.764. The van der Waals surface area contributed by atoms with Crippen LogP contribution in [0.15, 0.2) is 29.2 Å². The summed E-state index contributed by atoms with van der Waals surface area (Å²) in [6.07, 6.45) is 2.49. The van der Waals surface area contributed by atoms with Gasteiger partial charge in [-0.15, -0.1) is 0 Å². The zero-order valence-electron chi connectivity index (χ0n) is 16.1. The second-order valence-corrected chi connectivity index (χ2v) is 9.16. The van der Waals surface area contributed by atoms with Gasteiger partial charge in [-0.3, -0.25) is 9.59 Å². The van der Waals surface area contributed by atoms with Crippen molar-refractivity contribution in [3.63, 3.8) is 0 Å². The molecule has 1 N–H and O–H groups in total. The lowest BCUT2D eigenvalue weighted by molar-refractivity contribution is -0.138. The van der Waals surface area contributed by atoms with Crippen LogP contribution in [0.5, 0.6) is 0 Å². The first-order valence-electron chi connectivity index (χ1n) is 9.29. The largest absolute Gasteiger partial charge is 0.480 e. The number of carbonyl (C=O) groups excluding carboxylic acids is 1. The maximum atomic E-state index is 12.8. The van der Waals surface area contributed by atoms with Crippen molar-refractivity contribution in [2.75, 3.05) is 19.6 Å². The van der Waals surface area contributed by atoms with Crippen molar-refractivity contribution in [2.45, 2.75) is 51.0 Å². The fraction of sp³-hybridized carbons (Fsp3) is 0.579. The molecule has 8 heteroatoms. The van der Waals surface area contributed by atoms with Gasteiger partial charge in [0, 0.05) is 24.7 Å². The highest BCUT2D eigenvalue weighted by Crippen LogP contribution is 2.24. The van der Waals surface area contributed by atoms with Crippen LogP contribution in [0.2, 0.25) is 0 Å². The first-order chi connectivity index (χ1) is 12.7. The van der Waals surface area contributed by atoms with E-state index in [4.69, 9.17) is 5.11 Å². The van der Waals surface area contributed by atoms with Gasteiger partial charge in [-0.2, -0.15) is 4.31 Å². The lowest BCUT2D eigenvalue weighted by Gasteiger charge is -2.30. The average Bonchev–Trinajstić information content (AvgIpc) is 2.65. The van der Waals surface area contributed by atoms with Crippen LogP contribution in [0.1, 0.15) is 50.4 Å². The molecule has 0 bridgehead atoms. The molecular formula is C19H28N2O5S. The van der Waals surface area contributed by atoms with Gasteiger partial charge in [0.2, 0.25) is 10.0 Å². The number of nitrogens with zero attached hydrogens (tertiary/aromatic N) is 2. The maximum absolute atomic E-state index is 12.8. The molecule has 2 rings (SSSR count). The third-order valence-corrected chi connectivity index (χ3v) is 6.93. The standard InChI is InChI=1S/C19H28N2O5S/c1-4-15(3)21(13-18(22)23)19(24)16-7-9-17(10-8-16)27(25,26)20-11-5-6-14(2)12-20/h7-10,14-15H,4-6,11-13H2,1-3H3,(H,22,23). The molecule has 0 aromatic heterocycles. The highest BCUT2D eigenvalue weighted by molar-refractivity contribution is 7.89. The van der Waals surface area contributed by atoms with Gasteiger partial charge in [-0.1, -0.05) is 13.8 Å². The summed E-state index contributed by atoms with van der Waals surface area (Å²) in [7, 11) is -3.58. The van der Waals surface area contributed by atoms with Gasteiger partial charge in [0.05, 0.1) is 4.90 Å². The lowest BCUT2D eigenvalue weighted by atomic mass is 10.0. The first kappa shape index (κ1) is 21.4. The number of sulfonamides is 1. The van der Waals surface area contributed by atoms with Gasteiger partial charge < -0.3 is 10.0 Å². The third-order valence-electron chi connectivity index (χ3n) is 5.05. The summed E-state index contributed by atoms with van der Waals surface area (Å²) < 4.78 is 27.1. The van der Waals surface area contributed by atoms with Crippen molar-refractivity contribution in [1.82, 2.24) is 9.21 Å². The second-order valence-electron chi connectivity index (χ2n) is 7.22. The van der Waals surface area contributed by atoms with Gasteiger partial charge in [-0.25, -0.2) is 8.42 Å². The Morgan fingerprint density at radius 2 is 1.93 bits per heavy atom. The number of carboxylic acid groups (broad SMARTS) is 1. The Hall–Kier alpha value is -1.93. The Balaban J connectivity index is 2.22. The molecule has 0 saturated carbocycles. The highest BCUT2D eigenvalue weighted by atomic mass is 32.2. The van der Waals surface area contributed by atoms with E-state index in [9.17, 15) is 18.0 Å². The Morgan fingerprint density at radius 1 is 1.30 bits per heavy atom. The molecule has 0 radical (unpaired) electrons. The monoisotopic (exact) mass is 396 g/mol. The number of hydrogen-bond donors (Lipinski definition) is 1. The van der Waals surface area contributed by atoms with Gasteiger partial charge in [0.1, 0.15) is 6.54 Å². The van der Waals surface area contributed by atoms with Gasteiger partial charge in [0.25, 0.3) is 5.91 Å². The second kappa shape index (κ2) is 8.84. The van der Waals surface area contributed by atoms with E-state index < -0.39 is 21.9 Å². The summed E-state index contributed by atoms with van der Waals surface area (Å²) in [5.74, 6) is -1.17. The highest BCUT2D eigenvalue weighted by Gasteiger charge is 2.29. The topological polar surface area (TPSA) is 95.0 Å². The molecule has 0 spiro atoms. The minimum atomic E-state index is -3.58. The van der Waals surface area contributed by atoms with E-state index in [1.54, 1.807) is 6.92 Å². The predicted molar refractivity (Wildman–Crippen MR) is 102 cm³/mol.